The molecule has 4 heteroatoms. The maximum absolute atomic E-state index is 12.9. The Hall–Kier alpha value is -1.35. The quantitative estimate of drug-likeness (QED) is 0.790. The van der Waals surface area contributed by atoms with Gasteiger partial charge in [0.25, 0.3) is 5.56 Å². The van der Waals surface area contributed by atoms with Gasteiger partial charge in [-0.2, -0.15) is 0 Å². The van der Waals surface area contributed by atoms with Crippen molar-refractivity contribution in [2.75, 3.05) is 0 Å². The average Bonchev–Trinajstić information content (AvgIpc) is 2.46. The summed E-state index contributed by atoms with van der Waals surface area (Å²) in [6.07, 6.45) is 1.72. The summed E-state index contributed by atoms with van der Waals surface area (Å²) >= 11 is 6.28. The zero-order valence-electron chi connectivity index (χ0n) is 12.5. The summed E-state index contributed by atoms with van der Waals surface area (Å²) in [4.78, 5) is 17.5. The third-order valence-electron chi connectivity index (χ3n) is 4.22. The van der Waals surface area contributed by atoms with E-state index in [9.17, 15) is 4.79 Å². The van der Waals surface area contributed by atoms with Crippen molar-refractivity contribution < 1.29 is 0 Å². The molecular weight excluding hydrogens is 272 g/mol. The Morgan fingerprint density at radius 3 is 2.45 bits per heavy atom. The van der Waals surface area contributed by atoms with E-state index in [0.717, 1.165) is 12.8 Å². The van der Waals surface area contributed by atoms with Gasteiger partial charge in [0.2, 0.25) is 0 Å². The number of nitrogens with zero attached hydrogens (tertiary/aromatic N) is 2. The molecule has 0 saturated carbocycles. The van der Waals surface area contributed by atoms with Crippen molar-refractivity contribution in [2.45, 2.75) is 51.5 Å². The van der Waals surface area contributed by atoms with Crippen LogP contribution in [0.4, 0.5) is 0 Å². The Kier molecular flexibility index (Phi) is 4.19. The minimum Gasteiger partial charge on any atom is -0.289 e. The molecule has 0 fully saturated rings. The van der Waals surface area contributed by atoms with Crippen molar-refractivity contribution in [2.24, 2.45) is 0 Å². The Morgan fingerprint density at radius 2 is 1.90 bits per heavy atom. The second kappa shape index (κ2) is 5.57. The highest BCUT2D eigenvalue weighted by atomic mass is 35.5. The van der Waals surface area contributed by atoms with Crippen LogP contribution in [-0.2, 0) is 5.54 Å². The average molecular weight is 293 g/mol. The van der Waals surface area contributed by atoms with Crippen LogP contribution in [0.1, 0.15) is 51.7 Å². The number of rotatable bonds is 4. The van der Waals surface area contributed by atoms with Crippen LogP contribution in [0.15, 0.2) is 29.1 Å². The largest absolute Gasteiger partial charge is 0.289 e. The number of hydrogen-bond donors (Lipinski definition) is 0. The lowest BCUT2D eigenvalue weighted by Gasteiger charge is -2.32. The second-order valence-corrected chi connectivity index (χ2v) is 6.10. The van der Waals surface area contributed by atoms with Gasteiger partial charge in [0.15, 0.2) is 0 Å². The standard InChI is InChI=1S/C16H21ClN2O/c1-5-16(4,6-2)19-14(11(3)17)18-13-10-8-7-9-12(13)15(19)20/h7-11H,5-6H2,1-4H3. The fraction of sp³-hybridized carbons (Fsp3) is 0.500. The van der Waals surface area contributed by atoms with Crippen molar-refractivity contribution in [1.29, 1.82) is 0 Å². The lowest BCUT2D eigenvalue weighted by molar-refractivity contribution is 0.274. The number of aromatic nitrogens is 2. The smallest absolute Gasteiger partial charge is 0.261 e. The molecule has 1 atom stereocenters. The number of fused-ring (bicyclic) bond motifs is 1. The van der Waals surface area contributed by atoms with Gasteiger partial charge in [0, 0.05) is 5.54 Å². The van der Waals surface area contributed by atoms with Crippen LogP contribution >= 0.6 is 11.6 Å². The predicted octanol–water partition coefficient (Wildman–Crippen LogP) is 4.23. The molecule has 0 bridgehead atoms. The third kappa shape index (κ3) is 2.35. The van der Waals surface area contributed by atoms with Crippen LogP contribution in [0.3, 0.4) is 0 Å². The number of alkyl halides is 1. The van der Waals surface area contributed by atoms with E-state index in [1.165, 1.54) is 0 Å². The fourth-order valence-corrected chi connectivity index (χ4v) is 2.65. The number of benzene rings is 1. The molecule has 0 aliphatic carbocycles. The van der Waals surface area contributed by atoms with Crippen molar-refractivity contribution in [3.05, 3.63) is 40.4 Å². The molecule has 0 amide bonds. The molecule has 1 heterocycles. The number of para-hydroxylation sites is 1. The zero-order chi connectivity index (χ0) is 14.9. The topological polar surface area (TPSA) is 34.9 Å². The Labute approximate surface area is 124 Å². The van der Waals surface area contributed by atoms with Crippen molar-refractivity contribution in [1.82, 2.24) is 9.55 Å². The van der Waals surface area contributed by atoms with Crippen LogP contribution in [-0.4, -0.2) is 9.55 Å². The first-order chi connectivity index (χ1) is 9.44. The first kappa shape index (κ1) is 15.0. The van der Waals surface area contributed by atoms with E-state index in [2.05, 4.69) is 25.8 Å². The van der Waals surface area contributed by atoms with E-state index in [-0.39, 0.29) is 16.5 Å². The van der Waals surface area contributed by atoms with Crippen LogP contribution in [0.5, 0.6) is 0 Å². The Balaban J connectivity index is 2.90. The molecule has 1 aromatic heterocycles. The number of hydrogen-bond acceptors (Lipinski definition) is 2. The minimum absolute atomic E-state index is 0.00398. The Bertz CT molecular complexity index is 672. The maximum Gasteiger partial charge on any atom is 0.261 e. The van der Waals surface area contributed by atoms with Crippen LogP contribution in [0, 0.1) is 0 Å². The van der Waals surface area contributed by atoms with Gasteiger partial charge in [-0.1, -0.05) is 26.0 Å². The van der Waals surface area contributed by atoms with Gasteiger partial charge in [-0.05, 0) is 38.8 Å². The molecular formula is C16H21ClN2O. The lowest BCUT2D eigenvalue weighted by Crippen LogP contribution is -2.41. The first-order valence-electron chi connectivity index (χ1n) is 7.11. The molecule has 0 spiro atoms. The predicted molar refractivity (Wildman–Crippen MR) is 84.5 cm³/mol. The fourth-order valence-electron chi connectivity index (χ4n) is 2.50. The summed E-state index contributed by atoms with van der Waals surface area (Å²) < 4.78 is 1.80. The van der Waals surface area contributed by atoms with Gasteiger partial charge < -0.3 is 0 Å². The highest BCUT2D eigenvalue weighted by Gasteiger charge is 2.28. The van der Waals surface area contributed by atoms with E-state index < -0.39 is 0 Å². The highest BCUT2D eigenvalue weighted by molar-refractivity contribution is 6.20. The molecule has 0 aliphatic heterocycles. The normalized spacial score (nSPS) is 13.7. The van der Waals surface area contributed by atoms with E-state index in [1.807, 2.05) is 31.2 Å². The Morgan fingerprint density at radius 1 is 1.30 bits per heavy atom. The molecule has 2 aromatic rings. The molecule has 0 aliphatic rings. The molecule has 0 radical (unpaired) electrons. The summed E-state index contributed by atoms with van der Waals surface area (Å²) in [6, 6.07) is 7.45. The van der Waals surface area contributed by atoms with Crippen LogP contribution in [0.2, 0.25) is 0 Å². The first-order valence-corrected chi connectivity index (χ1v) is 7.54. The molecule has 20 heavy (non-hydrogen) atoms. The van der Waals surface area contributed by atoms with Gasteiger partial charge in [0.1, 0.15) is 5.82 Å². The molecule has 1 unspecified atom stereocenters. The molecule has 0 N–H and O–H groups in total. The summed E-state index contributed by atoms with van der Waals surface area (Å²) in [7, 11) is 0. The summed E-state index contributed by atoms with van der Waals surface area (Å²) in [6.45, 7) is 8.13. The molecule has 1 aromatic carbocycles. The van der Waals surface area contributed by atoms with Gasteiger partial charge in [-0.15, -0.1) is 11.6 Å². The van der Waals surface area contributed by atoms with E-state index in [1.54, 1.807) is 4.57 Å². The van der Waals surface area contributed by atoms with E-state index >= 15 is 0 Å². The monoisotopic (exact) mass is 292 g/mol. The van der Waals surface area contributed by atoms with E-state index in [4.69, 9.17) is 11.6 Å². The summed E-state index contributed by atoms with van der Waals surface area (Å²) in [5.41, 5.74) is 0.460. The van der Waals surface area contributed by atoms with Gasteiger partial charge in [-0.3, -0.25) is 9.36 Å². The molecule has 2 rings (SSSR count). The van der Waals surface area contributed by atoms with Crippen molar-refractivity contribution in [3.63, 3.8) is 0 Å². The maximum atomic E-state index is 12.9. The number of halogens is 1. The minimum atomic E-state index is -0.301. The third-order valence-corrected chi connectivity index (χ3v) is 4.42. The van der Waals surface area contributed by atoms with Crippen molar-refractivity contribution >= 4 is 22.5 Å². The van der Waals surface area contributed by atoms with E-state index in [0.29, 0.717) is 16.7 Å². The van der Waals surface area contributed by atoms with Gasteiger partial charge >= 0.3 is 0 Å². The highest BCUT2D eigenvalue weighted by Crippen LogP contribution is 2.29. The SMILES string of the molecule is CCC(C)(CC)n1c(C(C)Cl)nc2ccccc2c1=O. The zero-order valence-corrected chi connectivity index (χ0v) is 13.2. The molecule has 108 valence electrons. The summed E-state index contributed by atoms with van der Waals surface area (Å²) in [5.74, 6) is 0.654. The van der Waals surface area contributed by atoms with Gasteiger partial charge in [-0.25, -0.2) is 4.98 Å². The summed E-state index contributed by atoms with van der Waals surface area (Å²) in [5, 5.41) is 0.353. The second-order valence-electron chi connectivity index (χ2n) is 5.45. The van der Waals surface area contributed by atoms with Gasteiger partial charge in [0.05, 0.1) is 16.3 Å². The van der Waals surface area contributed by atoms with Crippen LogP contribution < -0.4 is 5.56 Å². The van der Waals surface area contributed by atoms with Crippen LogP contribution in [0.25, 0.3) is 10.9 Å². The molecule has 0 saturated heterocycles. The molecule has 3 nitrogen and oxygen atoms in total. The van der Waals surface area contributed by atoms with Crippen molar-refractivity contribution in [3.8, 4) is 0 Å². The lowest BCUT2D eigenvalue weighted by atomic mass is 9.94.